The number of hydrogen-bond donors (Lipinski definition) is 0. The molecule has 0 radical (unpaired) electrons. The third-order valence-electron chi connectivity index (χ3n) is 9.18. The monoisotopic (exact) mass is 676 g/mol. The van der Waals surface area contributed by atoms with Crippen molar-refractivity contribution in [2.45, 2.75) is 53.4 Å². The van der Waals surface area contributed by atoms with Crippen LogP contribution < -0.4 is 0 Å². The highest BCUT2D eigenvalue weighted by molar-refractivity contribution is 5.74. The molecule has 6 rings (SSSR count). The topological polar surface area (TPSA) is 0 Å². The van der Waals surface area contributed by atoms with E-state index in [1.165, 1.54) is 66.8 Å². The molecule has 0 heterocycles. The summed E-state index contributed by atoms with van der Waals surface area (Å²) in [7, 11) is 0. The first kappa shape index (κ1) is 37.5. The van der Waals surface area contributed by atoms with Gasteiger partial charge in [0.2, 0.25) is 0 Å². The second kappa shape index (κ2) is 20.2. The summed E-state index contributed by atoms with van der Waals surface area (Å²) in [5, 5.41) is 0. The van der Waals surface area contributed by atoms with Crippen molar-refractivity contribution in [1.82, 2.24) is 0 Å². The van der Waals surface area contributed by atoms with Crippen molar-refractivity contribution < 1.29 is 0 Å². The Morgan fingerprint density at radius 3 is 0.635 bits per heavy atom. The van der Waals surface area contributed by atoms with Crippen molar-refractivity contribution in [3.63, 3.8) is 0 Å². The van der Waals surface area contributed by atoms with Gasteiger partial charge in [-0.05, 0) is 92.4 Å². The van der Waals surface area contributed by atoms with E-state index in [4.69, 9.17) is 0 Å². The Morgan fingerprint density at radius 2 is 0.442 bits per heavy atom. The molecule has 0 saturated carbocycles. The SMILES string of the molecule is CCc1cccc(C=Cc2ccc(C=Cc3cccc(CC)c3)cc2)c1.CCc1cccc(C=Cc2ccc(C=Cc3cccc(CC)c3)cc2)c1. The molecule has 0 unspecified atom stereocenters. The zero-order chi connectivity index (χ0) is 36.4. The Hall–Kier alpha value is -5.72. The fourth-order valence-corrected chi connectivity index (χ4v) is 5.87. The highest BCUT2D eigenvalue weighted by atomic mass is 14.0. The van der Waals surface area contributed by atoms with Gasteiger partial charge in [-0.15, -0.1) is 0 Å². The standard InChI is InChI=1S/2C26H26/c2*1-3-21-7-5-9-25(19-21)17-15-23-11-13-24(14-12-23)16-18-26-10-6-8-22(4-2)20-26/h2*5-20H,3-4H2,1-2H3. The summed E-state index contributed by atoms with van der Waals surface area (Å²) in [5.41, 5.74) is 15.4. The maximum Gasteiger partial charge on any atom is -0.0254 e. The molecule has 0 N–H and O–H groups in total. The molecule has 0 aliphatic carbocycles. The zero-order valence-electron chi connectivity index (χ0n) is 31.3. The third kappa shape index (κ3) is 12.3. The van der Waals surface area contributed by atoms with Gasteiger partial charge >= 0.3 is 0 Å². The van der Waals surface area contributed by atoms with Gasteiger partial charge in [-0.25, -0.2) is 0 Å². The first-order valence-electron chi connectivity index (χ1n) is 18.8. The van der Waals surface area contributed by atoms with E-state index >= 15 is 0 Å². The van der Waals surface area contributed by atoms with Crippen LogP contribution in [0.5, 0.6) is 0 Å². The van der Waals surface area contributed by atoms with Crippen molar-refractivity contribution >= 4 is 48.6 Å². The quantitative estimate of drug-likeness (QED) is 0.113. The molecule has 260 valence electrons. The Kier molecular flexibility index (Phi) is 14.6. The normalized spacial score (nSPS) is 11.5. The fourth-order valence-electron chi connectivity index (χ4n) is 5.87. The number of rotatable bonds is 12. The van der Waals surface area contributed by atoms with Crippen LogP contribution in [-0.4, -0.2) is 0 Å². The van der Waals surface area contributed by atoms with Crippen LogP contribution in [0.1, 0.15) is 94.5 Å². The van der Waals surface area contributed by atoms with E-state index in [1.54, 1.807) is 0 Å². The first-order valence-corrected chi connectivity index (χ1v) is 18.8. The van der Waals surface area contributed by atoms with E-state index in [0.717, 1.165) is 25.7 Å². The average Bonchev–Trinajstić information content (AvgIpc) is 3.22. The lowest BCUT2D eigenvalue weighted by atomic mass is 10.1. The fraction of sp³-hybridized carbons (Fsp3) is 0.154. The zero-order valence-corrected chi connectivity index (χ0v) is 31.3. The minimum absolute atomic E-state index is 1.07. The summed E-state index contributed by atoms with van der Waals surface area (Å²) in [6.45, 7) is 8.75. The van der Waals surface area contributed by atoms with Crippen LogP contribution >= 0.6 is 0 Å². The van der Waals surface area contributed by atoms with E-state index in [9.17, 15) is 0 Å². The Labute approximate surface area is 313 Å². The second-order valence-corrected chi connectivity index (χ2v) is 13.1. The molecule has 0 aliphatic heterocycles. The van der Waals surface area contributed by atoms with Gasteiger partial charge in [0.15, 0.2) is 0 Å². The smallest absolute Gasteiger partial charge is 0.0254 e. The van der Waals surface area contributed by atoms with Crippen LogP contribution in [0.25, 0.3) is 48.6 Å². The summed E-state index contributed by atoms with van der Waals surface area (Å²) in [6, 6.07) is 52.1. The molecule has 0 aliphatic rings. The van der Waals surface area contributed by atoms with Gasteiger partial charge in [0.05, 0.1) is 0 Å². The predicted molar refractivity (Wildman–Crippen MR) is 232 cm³/mol. The largest absolute Gasteiger partial charge is 0.0614 e. The number of aryl methyl sites for hydroxylation is 4. The lowest BCUT2D eigenvalue weighted by Crippen LogP contribution is -1.81. The van der Waals surface area contributed by atoms with Gasteiger partial charge < -0.3 is 0 Å². The summed E-state index contributed by atoms with van der Waals surface area (Å²) in [4.78, 5) is 0. The van der Waals surface area contributed by atoms with Crippen LogP contribution in [0.3, 0.4) is 0 Å². The molecular formula is C52H52. The van der Waals surface area contributed by atoms with E-state index in [2.05, 4.69) is 222 Å². The molecule has 0 heteroatoms. The number of hydrogen-bond acceptors (Lipinski definition) is 0. The molecule has 52 heavy (non-hydrogen) atoms. The summed E-state index contributed by atoms with van der Waals surface area (Å²) in [5.74, 6) is 0. The lowest BCUT2D eigenvalue weighted by molar-refractivity contribution is 1.14. The van der Waals surface area contributed by atoms with Gasteiger partial charge in [-0.1, -0.05) is 222 Å². The van der Waals surface area contributed by atoms with Gasteiger partial charge in [0.25, 0.3) is 0 Å². The van der Waals surface area contributed by atoms with Crippen LogP contribution in [-0.2, 0) is 25.7 Å². The molecule has 0 spiro atoms. The minimum atomic E-state index is 1.07. The van der Waals surface area contributed by atoms with Gasteiger partial charge in [-0.2, -0.15) is 0 Å². The molecule has 0 bridgehead atoms. The minimum Gasteiger partial charge on any atom is -0.0614 e. The lowest BCUT2D eigenvalue weighted by Gasteiger charge is -2.00. The Bertz CT molecular complexity index is 1790. The van der Waals surface area contributed by atoms with Crippen LogP contribution in [0.2, 0.25) is 0 Å². The van der Waals surface area contributed by atoms with Crippen molar-refractivity contribution in [2.24, 2.45) is 0 Å². The van der Waals surface area contributed by atoms with Crippen molar-refractivity contribution in [2.75, 3.05) is 0 Å². The van der Waals surface area contributed by atoms with Gasteiger partial charge in [-0.3, -0.25) is 0 Å². The first-order chi connectivity index (χ1) is 25.5. The van der Waals surface area contributed by atoms with Crippen LogP contribution in [0.15, 0.2) is 146 Å². The third-order valence-corrected chi connectivity index (χ3v) is 9.18. The van der Waals surface area contributed by atoms with Gasteiger partial charge in [0, 0.05) is 0 Å². The van der Waals surface area contributed by atoms with Crippen molar-refractivity contribution in [3.8, 4) is 0 Å². The molecular weight excluding hydrogens is 625 g/mol. The summed E-state index contributed by atoms with van der Waals surface area (Å²) in [6.07, 6.45) is 21.7. The Balaban J connectivity index is 0.000000201. The predicted octanol–water partition coefficient (Wildman–Crippen LogP) is 14.3. The summed E-state index contributed by atoms with van der Waals surface area (Å²) < 4.78 is 0. The average molecular weight is 677 g/mol. The molecule has 0 atom stereocenters. The maximum absolute atomic E-state index is 2.25. The van der Waals surface area contributed by atoms with Crippen LogP contribution in [0.4, 0.5) is 0 Å². The van der Waals surface area contributed by atoms with E-state index in [-0.39, 0.29) is 0 Å². The number of benzene rings is 6. The molecule has 0 amide bonds. The molecule has 0 fully saturated rings. The van der Waals surface area contributed by atoms with Crippen molar-refractivity contribution in [1.29, 1.82) is 0 Å². The van der Waals surface area contributed by atoms with Crippen LogP contribution in [0, 0.1) is 0 Å². The molecule has 0 aromatic heterocycles. The molecule has 6 aromatic carbocycles. The second-order valence-electron chi connectivity index (χ2n) is 13.1. The molecule has 0 saturated heterocycles. The van der Waals surface area contributed by atoms with E-state index < -0.39 is 0 Å². The molecule has 6 aromatic rings. The highest BCUT2D eigenvalue weighted by Crippen LogP contribution is 2.17. The Morgan fingerprint density at radius 1 is 0.250 bits per heavy atom. The highest BCUT2D eigenvalue weighted by Gasteiger charge is 1.96. The van der Waals surface area contributed by atoms with E-state index in [1.807, 2.05) is 0 Å². The molecule has 0 nitrogen and oxygen atoms in total. The maximum atomic E-state index is 2.25. The van der Waals surface area contributed by atoms with Gasteiger partial charge in [0.1, 0.15) is 0 Å². The summed E-state index contributed by atoms with van der Waals surface area (Å²) >= 11 is 0. The van der Waals surface area contributed by atoms with Crippen molar-refractivity contribution in [3.05, 3.63) is 212 Å². The van der Waals surface area contributed by atoms with E-state index in [0.29, 0.717) is 0 Å².